The first-order valence-electron chi connectivity index (χ1n) is 10.5. The van der Waals surface area contributed by atoms with Crippen LogP contribution in [0.3, 0.4) is 0 Å². The van der Waals surface area contributed by atoms with Crippen LogP contribution in [0.15, 0.2) is 22.7 Å². The number of nitrogens with one attached hydrogen (secondary N) is 1. The molecule has 9 heteroatoms. The molecule has 0 radical (unpaired) electrons. The van der Waals surface area contributed by atoms with Gasteiger partial charge in [-0.25, -0.2) is 4.79 Å². The van der Waals surface area contributed by atoms with Gasteiger partial charge in [0.15, 0.2) is 23.0 Å². The summed E-state index contributed by atoms with van der Waals surface area (Å²) in [6.07, 6.45) is 1.17. The highest BCUT2D eigenvalue weighted by Crippen LogP contribution is 2.54. The number of carbonyl (C=O) groups excluding carboxylic acids is 1. The minimum Gasteiger partial charge on any atom is -0.493 e. The van der Waals surface area contributed by atoms with Gasteiger partial charge in [0.2, 0.25) is 12.5 Å². The Kier molecular flexibility index (Phi) is 6.55. The van der Waals surface area contributed by atoms with E-state index in [0.29, 0.717) is 54.7 Å². The summed E-state index contributed by atoms with van der Waals surface area (Å²) in [4.78, 5) is 14.9. The van der Waals surface area contributed by atoms with Gasteiger partial charge in [-0.3, -0.25) is 0 Å². The van der Waals surface area contributed by atoms with Crippen LogP contribution in [0.5, 0.6) is 28.7 Å². The summed E-state index contributed by atoms with van der Waals surface area (Å²) in [7, 11) is 4.84. The van der Waals surface area contributed by atoms with Gasteiger partial charge in [-0.15, -0.1) is 0 Å². The standard InChI is InChI=1S/C23H27BrN2O6/c1-5-25-23(27)26-10-9-14-17(20(30-4)22-21(18(14)24)31-12-32-22)15(26)11-13-7-6-8-16(28-2)19(13)29-3/h6-8,15H,5,9-12H2,1-4H3,(H,25,27). The maximum atomic E-state index is 13.1. The first-order valence-corrected chi connectivity index (χ1v) is 11.3. The van der Waals surface area contributed by atoms with Gasteiger partial charge in [-0.1, -0.05) is 12.1 Å². The normalized spacial score (nSPS) is 16.4. The van der Waals surface area contributed by atoms with Gasteiger partial charge < -0.3 is 33.9 Å². The van der Waals surface area contributed by atoms with Crippen molar-refractivity contribution in [3.8, 4) is 28.7 Å². The fourth-order valence-corrected chi connectivity index (χ4v) is 5.21. The molecule has 1 atom stereocenters. The van der Waals surface area contributed by atoms with Crippen LogP contribution in [-0.2, 0) is 12.8 Å². The number of benzene rings is 2. The van der Waals surface area contributed by atoms with Crippen LogP contribution in [-0.4, -0.2) is 52.1 Å². The lowest BCUT2D eigenvalue weighted by Gasteiger charge is -2.39. The van der Waals surface area contributed by atoms with E-state index >= 15 is 0 Å². The van der Waals surface area contributed by atoms with Crippen molar-refractivity contribution in [3.05, 3.63) is 39.4 Å². The molecule has 2 aliphatic heterocycles. The lowest BCUT2D eigenvalue weighted by atomic mass is 9.87. The second-order valence-corrected chi connectivity index (χ2v) is 8.25. The Morgan fingerprint density at radius 1 is 1.16 bits per heavy atom. The van der Waals surface area contributed by atoms with E-state index in [0.717, 1.165) is 21.2 Å². The van der Waals surface area contributed by atoms with Crippen LogP contribution in [0.2, 0.25) is 0 Å². The highest BCUT2D eigenvalue weighted by atomic mass is 79.9. The van der Waals surface area contributed by atoms with E-state index < -0.39 is 0 Å². The second-order valence-electron chi connectivity index (χ2n) is 7.46. The SMILES string of the molecule is CCNC(=O)N1CCc2c(Br)c3c(c(OC)c2C1Cc1cccc(OC)c1OC)OCO3. The van der Waals surface area contributed by atoms with E-state index in [4.69, 9.17) is 23.7 Å². The summed E-state index contributed by atoms with van der Waals surface area (Å²) < 4.78 is 29.3. The smallest absolute Gasteiger partial charge is 0.317 e. The number of halogens is 1. The topological polar surface area (TPSA) is 78.5 Å². The maximum Gasteiger partial charge on any atom is 0.317 e. The first-order chi connectivity index (χ1) is 15.5. The zero-order valence-corrected chi connectivity index (χ0v) is 20.2. The molecule has 1 unspecified atom stereocenters. The van der Waals surface area contributed by atoms with Crippen molar-refractivity contribution in [1.82, 2.24) is 10.2 Å². The third-order valence-corrected chi connectivity index (χ3v) is 6.69. The fraction of sp³-hybridized carbons (Fsp3) is 0.435. The predicted molar refractivity (Wildman–Crippen MR) is 122 cm³/mol. The molecule has 0 saturated heterocycles. The van der Waals surface area contributed by atoms with Crippen LogP contribution in [0.1, 0.15) is 29.7 Å². The van der Waals surface area contributed by atoms with Gasteiger partial charge >= 0.3 is 6.03 Å². The van der Waals surface area contributed by atoms with Crippen molar-refractivity contribution >= 4 is 22.0 Å². The van der Waals surface area contributed by atoms with Gasteiger partial charge in [0.05, 0.1) is 31.8 Å². The Bertz CT molecular complexity index is 1030. The molecule has 32 heavy (non-hydrogen) atoms. The minimum atomic E-state index is -0.313. The molecule has 1 N–H and O–H groups in total. The third kappa shape index (κ3) is 3.68. The van der Waals surface area contributed by atoms with Crippen molar-refractivity contribution in [1.29, 1.82) is 0 Å². The Hall–Kier alpha value is -2.81. The summed E-state index contributed by atoms with van der Waals surface area (Å²) in [6, 6.07) is 5.32. The van der Waals surface area contributed by atoms with Crippen molar-refractivity contribution in [2.24, 2.45) is 0 Å². The summed E-state index contributed by atoms with van der Waals surface area (Å²) in [5, 5.41) is 2.94. The van der Waals surface area contributed by atoms with Gasteiger partial charge in [0.25, 0.3) is 0 Å². The summed E-state index contributed by atoms with van der Waals surface area (Å²) in [5.41, 5.74) is 2.89. The van der Waals surface area contributed by atoms with E-state index in [1.807, 2.05) is 30.0 Å². The zero-order chi connectivity index (χ0) is 22.8. The Labute approximate surface area is 195 Å². The molecule has 8 nitrogen and oxygen atoms in total. The number of ether oxygens (including phenoxy) is 5. The summed E-state index contributed by atoms with van der Waals surface area (Å²) in [6.45, 7) is 3.13. The molecule has 0 saturated carbocycles. The molecule has 2 aliphatic rings. The summed E-state index contributed by atoms with van der Waals surface area (Å²) in [5.74, 6) is 3.08. The van der Waals surface area contributed by atoms with Gasteiger partial charge in [-0.2, -0.15) is 0 Å². The molecule has 2 aromatic carbocycles. The lowest BCUT2D eigenvalue weighted by Crippen LogP contribution is -2.46. The van der Waals surface area contributed by atoms with Crippen molar-refractivity contribution in [2.75, 3.05) is 41.2 Å². The van der Waals surface area contributed by atoms with E-state index in [2.05, 4.69) is 21.2 Å². The molecule has 2 heterocycles. The molecule has 0 aliphatic carbocycles. The number of carbonyl (C=O) groups is 1. The predicted octanol–water partition coefficient (Wildman–Crippen LogP) is 4.08. The van der Waals surface area contributed by atoms with E-state index in [-0.39, 0.29) is 18.9 Å². The van der Waals surface area contributed by atoms with Gasteiger partial charge in [-0.05, 0) is 40.9 Å². The number of urea groups is 1. The summed E-state index contributed by atoms with van der Waals surface area (Å²) >= 11 is 3.71. The van der Waals surface area contributed by atoms with Crippen molar-refractivity contribution in [3.63, 3.8) is 0 Å². The van der Waals surface area contributed by atoms with E-state index in [9.17, 15) is 4.79 Å². The van der Waals surface area contributed by atoms with Crippen molar-refractivity contribution in [2.45, 2.75) is 25.8 Å². The Balaban J connectivity index is 1.88. The molecular formula is C23H27BrN2O6. The van der Waals surface area contributed by atoms with Gasteiger partial charge in [0.1, 0.15) is 0 Å². The molecule has 4 rings (SSSR count). The quantitative estimate of drug-likeness (QED) is 0.635. The minimum absolute atomic E-state index is 0.124. The van der Waals surface area contributed by atoms with E-state index in [1.54, 1.807) is 21.3 Å². The highest BCUT2D eigenvalue weighted by molar-refractivity contribution is 9.10. The fourth-order valence-electron chi connectivity index (χ4n) is 4.50. The molecule has 2 amide bonds. The average Bonchev–Trinajstić information content (AvgIpc) is 3.29. The number of rotatable bonds is 6. The third-order valence-electron chi connectivity index (χ3n) is 5.86. The molecule has 0 spiro atoms. The molecular weight excluding hydrogens is 480 g/mol. The molecule has 0 bridgehead atoms. The van der Waals surface area contributed by atoms with Crippen LogP contribution < -0.4 is 29.0 Å². The van der Waals surface area contributed by atoms with Crippen LogP contribution in [0.25, 0.3) is 0 Å². The monoisotopic (exact) mass is 506 g/mol. The molecule has 2 aromatic rings. The molecule has 0 fully saturated rings. The number of fused-ring (bicyclic) bond motifs is 2. The van der Waals surface area contributed by atoms with Crippen LogP contribution >= 0.6 is 15.9 Å². The zero-order valence-electron chi connectivity index (χ0n) is 18.6. The van der Waals surface area contributed by atoms with Gasteiger partial charge in [0, 0.05) is 30.6 Å². The number of hydrogen-bond donors (Lipinski definition) is 1. The number of nitrogens with zero attached hydrogens (tertiary/aromatic N) is 1. The largest absolute Gasteiger partial charge is 0.493 e. The number of hydrogen-bond acceptors (Lipinski definition) is 6. The first kappa shape index (κ1) is 22.4. The Morgan fingerprint density at radius 3 is 2.59 bits per heavy atom. The molecule has 172 valence electrons. The highest BCUT2D eigenvalue weighted by Gasteiger charge is 2.39. The lowest BCUT2D eigenvalue weighted by molar-refractivity contribution is 0.164. The number of methoxy groups -OCH3 is 3. The van der Waals surface area contributed by atoms with Crippen LogP contribution in [0.4, 0.5) is 4.79 Å². The average molecular weight is 507 g/mol. The molecule has 0 aromatic heterocycles. The Morgan fingerprint density at radius 2 is 1.91 bits per heavy atom. The van der Waals surface area contributed by atoms with Crippen LogP contribution in [0, 0.1) is 0 Å². The second kappa shape index (κ2) is 9.36. The maximum absolute atomic E-state index is 13.1. The van der Waals surface area contributed by atoms with Crippen molar-refractivity contribution < 1.29 is 28.5 Å². The number of amides is 2. The number of para-hydroxylation sites is 1. The van der Waals surface area contributed by atoms with E-state index in [1.165, 1.54) is 0 Å².